The summed E-state index contributed by atoms with van der Waals surface area (Å²) in [6, 6.07) is 33.3. The van der Waals surface area contributed by atoms with Crippen molar-refractivity contribution in [1.29, 1.82) is 0 Å². The maximum absolute atomic E-state index is 2.65. The van der Waals surface area contributed by atoms with Crippen molar-refractivity contribution in [2.75, 3.05) is 0 Å². The summed E-state index contributed by atoms with van der Waals surface area (Å²) in [5.74, 6) is 0. The first kappa shape index (κ1) is 38.7. The molecule has 0 amide bonds. The van der Waals surface area contributed by atoms with Gasteiger partial charge in [-0.1, -0.05) is 122 Å². The summed E-state index contributed by atoms with van der Waals surface area (Å²) >= 11 is 1.46. The molecule has 0 bridgehead atoms. The minimum atomic E-state index is -1.54. The number of hydrogen-bond acceptors (Lipinski definition) is 0. The predicted molar refractivity (Wildman–Crippen MR) is 204 cm³/mol. The van der Waals surface area contributed by atoms with E-state index in [0.717, 1.165) is 6.42 Å². The van der Waals surface area contributed by atoms with Gasteiger partial charge in [0.15, 0.2) is 0 Å². The van der Waals surface area contributed by atoms with Gasteiger partial charge in [0.25, 0.3) is 0 Å². The third-order valence-electron chi connectivity index (χ3n) is 8.62. The molecular formula is C40H47Cl2Si3Zr-. The first-order valence-corrected chi connectivity index (χ1v) is 27.7. The van der Waals surface area contributed by atoms with Crippen LogP contribution in [0.3, 0.4) is 0 Å². The topological polar surface area (TPSA) is 0 Å². The molecule has 238 valence electrons. The molecule has 0 radical (unpaired) electrons. The van der Waals surface area contributed by atoms with Crippen LogP contribution >= 0.6 is 0 Å². The number of rotatable bonds is 6. The summed E-state index contributed by atoms with van der Waals surface area (Å²) in [5, 5.41) is 11.0. The Bertz CT molecular complexity index is 1840. The van der Waals surface area contributed by atoms with E-state index >= 15 is 0 Å². The quantitative estimate of drug-likeness (QED) is 0.183. The van der Waals surface area contributed by atoms with Gasteiger partial charge in [-0.3, -0.25) is 0 Å². The molecule has 0 aromatic heterocycles. The average Bonchev–Trinajstić information content (AvgIpc) is 3.64. The Labute approximate surface area is 308 Å². The van der Waals surface area contributed by atoms with Crippen molar-refractivity contribution in [3.05, 3.63) is 126 Å². The summed E-state index contributed by atoms with van der Waals surface area (Å²) < 4.78 is 1.42. The zero-order chi connectivity index (χ0) is 31.9. The van der Waals surface area contributed by atoms with Crippen LogP contribution in [-0.2, 0) is 24.2 Å². The first-order chi connectivity index (χ1) is 20.7. The molecule has 6 heteroatoms. The molecule has 1 aliphatic rings. The van der Waals surface area contributed by atoms with Crippen molar-refractivity contribution in [2.24, 2.45) is 0 Å². The number of halogens is 2. The summed E-state index contributed by atoms with van der Waals surface area (Å²) in [7, 11) is -4.50. The summed E-state index contributed by atoms with van der Waals surface area (Å²) in [4.78, 5) is 0. The van der Waals surface area contributed by atoms with Gasteiger partial charge in [0.05, 0.1) is 24.2 Å². The second kappa shape index (κ2) is 15.2. The fourth-order valence-electron chi connectivity index (χ4n) is 6.54. The molecule has 1 aliphatic carbocycles. The fraction of sp³-hybridized carbons (Fsp3) is 0.250. The van der Waals surface area contributed by atoms with E-state index < -0.39 is 24.2 Å². The minimum absolute atomic E-state index is 0. The molecule has 0 N–H and O–H groups in total. The van der Waals surface area contributed by atoms with E-state index in [1.165, 1.54) is 60.3 Å². The number of fused-ring (bicyclic) bond motifs is 3. The summed E-state index contributed by atoms with van der Waals surface area (Å²) in [5.41, 5.74) is 5.78. The number of benzene rings is 4. The van der Waals surface area contributed by atoms with E-state index in [2.05, 4.69) is 168 Å². The molecule has 0 atom stereocenters. The zero-order valence-corrected chi connectivity index (χ0v) is 35.8. The summed E-state index contributed by atoms with van der Waals surface area (Å²) in [6.45, 7) is 22.7. The van der Waals surface area contributed by atoms with E-state index in [1.807, 2.05) is 0 Å². The summed E-state index contributed by atoms with van der Waals surface area (Å²) in [6.07, 6.45) is 8.03. The van der Waals surface area contributed by atoms with Crippen molar-refractivity contribution in [2.45, 2.75) is 65.3 Å². The van der Waals surface area contributed by atoms with Crippen LogP contribution < -0.4 is 40.4 Å². The Morgan fingerprint density at radius 3 is 1.65 bits per heavy atom. The Morgan fingerprint density at radius 2 is 1.20 bits per heavy atom. The van der Waals surface area contributed by atoms with E-state index in [0.29, 0.717) is 0 Å². The normalized spacial score (nSPS) is 13.1. The molecule has 0 heterocycles. The van der Waals surface area contributed by atoms with Crippen molar-refractivity contribution in [3.8, 4) is 0 Å². The molecule has 0 unspecified atom stereocenters. The van der Waals surface area contributed by atoms with Crippen molar-refractivity contribution in [3.63, 3.8) is 0 Å². The third kappa shape index (κ3) is 8.25. The Hall–Kier alpha value is -1.79. The number of allylic oxidation sites excluding steroid dienone is 4. The second-order valence-electron chi connectivity index (χ2n) is 15.2. The van der Waals surface area contributed by atoms with Crippen molar-refractivity contribution >= 4 is 70.1 Å². The van der Waals surface area contributed by atoms with E-state index in [4.69, 9.17) is 0 Å². The van der Waals surface area contributed by atoms with Gasteiger partial charge >= 0.3 is 99.2 Å². The van der Waals surface area contributed by atoms with Gasteiger partial charge in [0, 0.05) is 0 Å². The van der Waals surface area contributed by atoms with Crippen LogP contribution in [0, 0.1) is 0 Å². The predicted octanol–water partition coefficient (Wildman–Crippen LogP) is 3.50. The van der Waals surface area contributed by atoms with Gasteiger partial charge in [-0.05, 0) is 6.42 Å². The molecule has 0 nitrogen and oxygen atoms in total. The fourth-order valence-corrected chi connectivity index (χ4v) is 14.6. The molecule has 6 rings (SSSR count). The van der Waals surface area contributed by atoms with Crippen LogP contribution in [0.4, 0.5) is 0 Å². The molecule has 0 spiro atoms. The Morgan fingerprint density at radius 1 is 0.652 bits per heavy atom. The molecule has 5 aromatic carbocycles. The molecule has 0 saturated carbocycles. The van der Waals surface area contributed by atoms with Crippen LogP contribution in [0.1, 0.15) is 23.1 Å². The van der Waals surface area contributed by atoms with Crippen LogP contribution in [-0.4, -0.2) is 27.4 Å². The Balaban J connectivity index is 0.000000304. The SMILES string of the molecule is C[Si](C)(C)c1cc2c([cH-]c3cccc([Si](C)(C)C)c32)c(C2=CC=CC2)c1[Si](C)(C)C.[Cl-].[Cl-].[Zr+2]=[C](c1ccccc1)c1ccccc1. The standard InChI is InChI=1S/C27H37Si3.C13H10.2ClH.Zr/c1-28(2,3)23-16-12-15-20-17-21-22(25(20)23)18-24(29(4,5)6)27(30(7,8)9)26(21)19-13-10-11-14-19;1-3-7-12(8-4-1)11-13-9-5-2-6-10-13;;;/h10-13,15-18H,14H2,1-9H3;1-10H;2*1H;/q-1;;;;+2/p-2. The van der Waals surface area contributed by atoms with Gasteiger partial charge in [0.2, 0.25) is 0 Å². The van der Waals surface area contributed by atoms with Crippen molar-refractivity contribution in [1.82, 2.24) is 0 Å². The van der Waals surface area contributed by atoms with Gasteiger partial charge < -0.3 is 24.8 Å². The van der Waals surface area contributed by atoms with Crippen LogP contribution in [0.15, 0.2) is 109 Å². The van der Waals surface area contributed by atoms with Crippen LogP contribution in [0.2, 0.25) is 58.9 Å². The van der Waals surface area contributed by atoms with Crippen LogP contribution in [0.25, 0.3) is 27.1 Å². The third-order valence-corrected chi connectivity index (χ3v) is 16.3. The van der Waals surface area contributed by atoms with Gasteiger partial charge in [-0.15, -0.1) is 33.7 Å². The molecule has 0 aliphatic heterocycles. The van der Waals surface area contributed by atoms with Gasteiger partial charge in [0.1, 0.15) is 0 Å². The first-order valence-electron chi connectivity index (χ1n) is 15.9. The average molecular weight is 774 g/mol. The van der Waals surface area contributed by atoms with E-state index in [9.17, 15) is 0 Å². The Kier molecular flexibility index (Phi) is 12.8. The molecular weight excluding hydrogens is 727 g/mol. The number of hydrogen-bond donors (Lipinski definition) is 0. The monoisotopic (exact) mass is 771 g/mol. The van der Waals surface area contributed by atoms with Crippen molar-refractivity contribution < 1.29 is 49.0 Å². The van der Waals surface area contributed by atoms with Gasteiger partial charge in [-0.25, -0.2) is 0 Å². The van der Waals surface area contributed by atoms with E-state index in [-0.39, 0.29) is 24.8 Å². The van der Waals surface area contributed by atoms with E-state index in [1.54, 1.807) is 26.5 Å². The molecule has 5 aromatic rings. The molecule has 0 fully saturated rings. The maximum atomic E-state index is 2.65. The second-order valence-corrected chi connectivity index (χ2v) is 31.5. The van der Waals surface area contributed by atoms with Gasteiger partial charge in [-0.2, -0.15) is 0 Å². The van der Waals surface area contributed by atoms with Crippen LogP contribution in [0.5, 0.6) is 0 Å². The zero-order valence-electron chi connectivity index (χ0n) is 28.9. The molecule has 46 heavy (non-hydrogen) atoms. The molecule has 0 saturated heterocycles.